The molecule has 1 aromatic rings. The molecule has 1 saturated heterocycles. The van der Waals surface area contributed by atoms with E-state index in [2.05, 4.69) is 9.80 Å². The van der Waals surface area contributed by atoms with Crippen molar-refractivity contribution in [3.8, 4) is 0 Å². The van der Waals surface area contributed by atoms with Gasteiger partial charge in [0.2, 0.25) is 0 Å². The van der Waals surface area contributed by atoms with Crippen molar-refractivity contribution >= 4 is 11.6 Å². The van der Waals surface area contributed by atoms with Crippen molar-refractivity contribution in [2.75, 3.05) is 39.3 Å². The van der Waals surface area contributed by atoms with Crippen LogP contribution in [0.5, 0.6) is 0 Å². The Balaban J connectivity index is 1.92. The SMILES string of the molecule is NCCN1CCN(Cc2c(F)cccc2Cl)CC1. The zero-order valence-corrected chi connectivity index (χ0v) is 11.2. The van der Waals surface area contributed by atoms with Gasteiger partial charge in [0.15, 0.2) is 0 Å². The highest BCUT2D eigenvalue weighted by molar-refractivity contribution is 6.31. The third-order valence-electron chi connectivity index (χ3n) is 3.35. The van der Waals surface area contributed by atoms with Crippen LogP contribution in [0.3, 0.4) is 0 Å². The fraction of sp³-hybridized carbons (Fsp3) is 0.538. The largest absolute Gasteiger partial charge is 0.329 e. The van der Waals surface area contributed by atoms with E-state index in [4.69, 9.17) is 17.3 Å². The molecule has 0 aliphatic carbocycles. The summed E-state index contributed by atoms with van der Waals surface area (Å²) in [5.74, 6) is -0.216. The van der Waals surface area contributed by atoms with Crippen LogP contribution < -0.4 is 5.73 Å². The second-order valence-electron chi connectivity index (χ2n) is 4.61. The lowest BCUT2D eigenvalue weighted by atomic mass is 10.2. The van der Waals surface area contributed by atoms with Gasteiger partial charge in [0, 0.05) is 56.4 Å². The molecule has 3 nitrogen and oxygen atoms in total. The van der Waals surface area contributed by atoms with Gasteiger partial charge >= 0.3 is 0 Å². The summed E-state index contributed by atoms with van der Waals surface area (Å²) in [5, 5.41) is 0.513. The molecule has 0 atom stereocenters. The summed E-state index contributed by atoms with van der Waals surface area (Å²) < 4.78 is 13.7. The Labute approximate surface area is 112 Å². The normalized spacial score (nSPS) is 18.2. The number of halogens is 2. The van der Waals surface area contributed by atoms with E-state index in [1.807, 2.05) is 0 Å². The van der Waals surface area contributed by atoms with Gasteiger partial charge < -0.3 is 5.73 Å². The molecule has 2 N–H and O–H groups in total. The smallest absolute Gasteiger partial charge is 0.129 e. The van der Waals surface area contributed by atoms with Gasteiger partial charge in [-0.05, 0) is 12.1 Å². The van der Waals surface area contributed by atoms with Crippen LogP contribution >= 0.6 is 11.6 Å². The predicted molar refractivity (Wildman–Crippen MR) is 72.2 cm³/mol. The van der Waals surface area contributed by atoms with Gasteiger partial charge in [-0.3, -0.25) is 9.80 Å². The number of nitrogens with two attached hydrogens (primary N) is 1. The maximum atomic E-state index is 13.7. The Morgan fingerprint density at radius 3 is 2.44 bits per heavy atom. The van der Waals surface area contributed by atoms with E-state index in [9.17, 15) is 4.39 Å². The van der Waals surface area contributed by atoms with E-state index in [1.165, 1.54) is 6.07 Å². The number of hydrogen-bond donors (Lipinski definition) is 1. The van der Waals surface area contributed by atoms with E-state index < -0.39 is 0 Å². The Morgan fingerprint density at radius 2 is 1.83 bits per heavy atom. The van der Waals surface area contributed by atoms with Gasteiger partial charge in [-0.2, -0.15) is 0 Å². The molecular formula is C13H19ClFN3. The Kier molecular flexibility index (Phi) is 4.95. The van der Waals surface area contributed by atoms with E-state index >= 15 is 0 Å². The Bertz CT molecular complexity index is 372. The van der Waals surface area contributed by atoms with Crippen molar-refractivity contribution in [3.05, 3.63) is 34.6 Å². The molecule has 1 aromatic carbocycles. The van der Waals surface area contributed by atoms with Crippen molar-refractivity contribution < 1.29 is 4.39 Å². The minimum absolute atomic E-state index is 0.216. The molecule has 1 fully saturated rings. The maximum absolute atomic E-state index is 13.7. The van der Waals surface area contributed by atoms with Crippen molar-refractivity contribution in [1.82, 2.24) is 9.80 Å². The molecule has 1 aliphatic rings. The van der Waals surface area contributed by atoms with E-state index in [1.54, 1.807) is 12.1 Å². The van der Waals surface area contributed by atoms with Crippen LogP contribution in [0.15, 0.2) is 18.2 Å². The minimum atomic E-state index is -0.216. The van der Waals surface area contributed by atoms with Crippen molar-refractivity contribution in [3.63, 3.8) is 0 Å². The average Bonchev–Trinajstić information content (AvgIpc) is 2.36. The van der Waals surface area contributed by atoms with Gasteiger partial charge in [0.25, 0.3) is 0 Å². The van der Waals surface area contributed by atoms with Crippen molar-refractivity contribution in [2.24, 2.45) is 5.73 Å². The van der Waals surface area contributed by atoms with E-state index in [0.717, 1.165) is 32.7 Å². The van der Waals surface area contributed by atoms with E-state index in [0.29, 0.717) is 23.7 Å². The zero-order chi connectivity index (χ0) is 13.0. The highest BCUT2D eigenvalue weighted by atomic mass is 35.5. The van der Waals surface area contributed by atoms with Gasteiger partial charge in [-0.25, -0.2) is 4.39 Å². The lowest BCUT2D eigenvalue weighted by Crippen LogP contribution is -2.47. The number of nitrogens with zero attached hydrogens (tertiary/aromatic N) is 2. The molecule has 0 bridgehead atoms. The first kappa shape index (κ1) is 13.7. The predicted octanol–water partition coefficient (Wildman–Crippen LogP) is 1.56. The van der Waals surface area contributed by atoms with E-state index in [-0.39, 0.29) is 5.82 Å². The molecule has 100 valence electrons. The molecule has 0 radical (unpaired) electrons. The summed E-state index contributed by atoms with van der Waals surface area (Å²) in [7, 11) is 0. The number of rotatable bonds is 4. The monoisotopic (exact) mass is 271 g/mol. The molecule has 0 unspecified atom stereocenters. The number of piperazine rings is 1. The first-order valence-electron chi connectivity index (χ1n) is 6.28. The van der Waals surface area contributed by atoms with Crippen LogP contribution in [0, 0.1) is 5.82 Å². The molecule has 0 amide bonds. The molecular weight excluding hydrogens is 253 g/mol. The minimum Gasteiger partial charge on any atom is -0.329 e. The van der Waals surface area contributed by atoms with Crippen molar-refractivity contribution in [1.29, 1.82) is 0 Å². The second-order valence-corrected chi connectivity index (χ2v) is 5.01. The molecule has 0 aromatic heterocycles. The maximum Gasteiger partial charge on any atom is 0.129 e. The standard InChI is InChI=1S/C13H19ClFN3/c14-12-2-1-3-13(15)11(12)10-18-8-6-17(5-4-16)7-9-18/h1-3H,4-10,16H2. The van der Waals surface area contributed by atoms with Crippen LogP contribution in [0.1, 0.15) is 5.56 Å². The lowest BCUT2D eigenvalue weighted by molar-refractivity contribution is 0.129. The fourth-order valence-corrected chi connectivity index (χ4v) is 2.48. The topological polar surface area (TPSA) is 32.5 Å². The summed E-state index contributed by atoms with van der Waals surface area (Å²) in [5.41, 5.74) is 6.14. The Morgan fingerprint density at radius 1 is 1.17 bits per heavy atom. The van der Waals surface area contributed by atoms with Crippen molar-refractivity contribution in [2.45, 2.75) is 6.54 Å². The molecule has 1 heterocycles. The Hall–Kier alpha value is -0.680. The fourth-order valence-electron chi connectivity index (χ4n) is 2.26. The molecule has 0 saturated carbocycles. The van der Waals surface area contributed by atoms with Gasteiger partial charge in [-0.1, -0.05) is 17.7 Å². The van der Waals surface area contributed by atoms with Gasteiger partial charge in [-0.15, -0.1) is 0 Å². The summed E-state index contributed by atoms with van der Waals surface area (Å²) in [6.45, 7) is 6.07. The van der Waals surface area contributed by atoms with Crippen LogP contribution in [0.4, 0.5) is 4.39 Å². The molecule has 1 aliphatic heterocycles. The number of benzene rings is 1. The molecule has 5 heteroatoms. The van der Waals surface area contributed by atoms with Crippen LogP contribution in [0.2, 0.25) is 5.02 Å². The quantitative estimate of drug-likeness (QED) is 0.902. The van der Waals surface area contributed by atoms with Gasteiger partial charge in [0.1, 0.15) is 5.82 Å². The summed E-state index contributed by atoms with van der Waals surface area (Å²) in [4.78, 5) is 4.57. The first-order valence-corrected chi connectivity index (χ1v) is 6.66. The third-order valence-corrected chi connectivity index (χ3v) is 3.71. The second kappa shape index (κ2) is 6.48. The average molecular weight is 272 g/mol. The highest BCUT2D eigenvalue weighted by Gasteiger charge is 2.18. The highest BCUT2D eigenvalue weighted by Crippen LogP contribution is 2.21. The summed E-state index contributed by atoms with van der Waals surface area (Å²) >= 11 is 6.03. The lowest BCUT2D eigenvalue weighted by Gasteiger charge is -2.34. The molecule has 0 spiro atoms. The number of hydrogen-bond acceptors (Lipinski definition) is 3. The van der Waals surface area contributed by atoms with Gasteiger partial charge in [0.05, 0.1) is 0 Å². The summed E-state index contributed by atoms with van der Waals surface area (Å²) in [6, 6.07) is 4.84. The van der Waals surface area contributed by atoms with Crippen LogP contribution in [-0.4, -0.2) is 49.1 Å². The summed E-state index contributed by atoms with van der Waals surface area (Å²) in [6.07, 6.45) is 0. The zero-order valence-electron chi connectivity index (χ0n) is 10.4. The molecule has 2 rings (SSSR count). The third kappa shape index (κ3) is 3.42. The first-order chi connectivity index (χ1) is 8.70. The molecule has 18 heavy (non-hydrogen) atoms. The van der Waals surface area contributed by atoms with Crippen LogP contribution in [0.25, 0.3) is 0 Å². The van der Waals surface area contributed by atoms with Crippen LogP contribution in [-0.2, 0) is 6.54 Å².